The van der Waals surface area contributed by atoms with Gasteiger partial charge in [-0.25, -0.2) is 0 Å². The molecule has 290 valence electrons. The van der Waals surface area contributed by atoms with E-state index in [1.54, 1.807) is 11.1 Å². The molecule has 0 N–H and O–H groups in total. The number of hydrogen-bond donors (Lipinski definition) is 0. The molecule has 0 amide bonds. The van der Waals surface area contributed by atoms with Crippen LogP contribution in [0.4, 0.5) is 17.1 Å². The van der Waals surface area contributed by atoms with Crippen molar-refractivity contribution >= 4 is 27.8 Å². The van der Waals surface area contributed by atoms with Crippen LogP contribution in [-0.2, 0) is 10.8 Å². The minimum Gasteiger partial charge on any atom is -0.310 e. The highest BCUT2D eigenvalue weighted by molar-refractivity contribution is 5.97. The van der Waals surface area contributed by atoms with Crippen molar-refractivity contribution in [2.24, 2.45) is 23.7 Å². The molecule has 1 heteroatoms. The lowest BCUT2D eigenvalue weighted by Gasteiger charge is -2.61. The van der Waals surface area contributed by atoms with Gasteiger partial charge in [0.05, 0.1) is 0 Å². The Balaban J connectivity index is 0.911. The zero-order chi connectivity index (χ0) is 39.7. The molecule has 0 heterocycles. The molecule has 4 saturated carbocycles. The smallest absolute Gasteiger partial charge is 0.0465 e. The van der Waals surface area contributed by atoms with E-state index < -0.39 is 0 Å². The second kappa shape index (κ2) is 12.7. The molecule has 0 unspecified atom stereocenters. The number of fused-ring (bicyclic) bond motifs is 7. The lowest BCUT2D eigenvalue weighted by molar-refractivity contribution is -0.0399. The molecule has 6 aliphatic carbocycles. The molecule has 60 heavy (non-hydrogen) atoms. The van der Waals surface area contributed by atoms with Gasteiger partial charge in [-0.15, -0.1) is 0 Å². The van der Waals surface area contributed by atoms with Gasteiger partial charge in [0.15, 0.2) is 0 Å². The summed E-state index contributed by atoms with van der Waals surface area (Å²) in [5.41, 5.74) is 20.4. The molecule has 4 fully saturated rings. The first-order valence-electron chi connectivity index (χ1n) is 22.4. The van der Waals surface area contributed by atoms with Crippen LogP contribution >= 0.6 is 0 Å². The SMILES string of the molecule is CC1(C)c2ccccc2-c2ccc(N(c3ccc(-c4ccc5c(c4)C4(c6ccccc6-5)C5CC6CC(C5)CC4C6)cc3)c3ccc(-c4cccc5ccccc45)cc3)cc21. The van der Waals surface area contributed by atoms with Gasteiger partial charge in [0.2, 0.25) is 0 Å². The van der Waals surface area contributed by atoms with Crippen molar-refractivity contribution in [1.29, 1.82) is 0 Å². The molecule has 0 aliphatic heterocycles. The van der Waals surface area contributed by atoms with Crippen LogP contribution in [0.1, 0.15) is 68.2 Å². The topological polar surface area (TPSA) is 3.24 Å². The number of rotatable bonds is 5. The van der Waals surface area contributed by atoms with Crippen molar-refractivity contribution in [2.75, 3.05) is 4.90 Å². The highest BCUT2D eigenvalue weighted by Crippen LogP contribution is 2.69. The summed E-state index contributed by atoms with van der Waals surface area (Å²) in [4.78, 5) is 2.46. The van der Waals surface area contributed by atoms with Crippen LogP contribution in [0.15, 0.2) is 176 Å². The Hall–Kier alpha value is -6.18. The zero-order valence-corrected chi connectivity index (χ0v) is 34.5. The Bertz CT molecular complexity index is 2990. The molecule has 8 aromatic carbocycles. The van der Waals surface area contributed by atoms with E-state index in [-0.39, 0.29) is 10.8 Å². The molecular formula is C59H49N. The number of benzene rings is 8. The van der Waals surface area contributed by atoms with Crippen molar-refractivity contribution in [3.8, 4) is 44.5 Å². The van der Waals surface area contributed by atoms with E-state index >= 15 is 0 Å². The van der Waals surface area contributed by atoms with Crippen LogP contribution in [0.25, 0.3) is 55.3 Å². The molecule has 1 spiro atoms. The summed E-state index contributed by atoms with van der Waals surface area (Å²) < 4.78 is 0. The predicted octanol–water partition coefficient (Wildman–Crippen LogP) is 15.7. The van der Waals surface area contributed by atoms with Gasteiger partial charge in [0.25, 0.3) is 0 Å². The van der Waals surface area contributed by atoms with E-state index in [1.807, 2.05) is 0 Å². The Labute approximate surface area is 354 Å². The van der Waals surface area contributed by atoms with E-state index in [1.165, 1.54) is 104 Å². The summed E-state index contributed by atoms with van der Waals surface area (Å²) in [5, 5.41) is 2.55. The van der Waals surface area contributed by atoms with Crippen molar-refractivity contribution in [3.05, 3.63) is 198 Å². The Morgan fingerprint density at radius 1 is 0.383 bits per heavy atom. The summed E-state index contributed by atoms with van der Waals surface area (Å²) in [5.74, 6) is 3.41. The van der Waals surface area contributed by atoms with Gasteiger partial charge >= 0.3 is 0 Å². The van der Waals surface area contributed by atoms with Crippen molar-refractivity contribution < 1.29 is 0 Å². The van der Waals surface area contributed by atoms with E-state index in [2.05, 4.69) is 195 Å². The highest BCUT2D eigenvalue weighted by atomic mass is 15.1. The lowest BCUT2D eigenvalue weighted by atomic mass is 9.43. The molecule has 14 rings (SSSR count). The third-order valence-corrected chi connectivity index (χ3v) is 16.1. The normalized spacial score (nSPS) is 23.4. The summed E-state index contributed by atoms with van der Waals surface area (Å²) in [6.45, 7) is 4.75. The van der Waals surface area contributed by atoms with Crippen LogP contribution in [0.5, 0.6) is 0 Å². The average molecular weight is 772 g/mol. The van der Waals surface area contributed by atoms with Gasteiger partial charge in [-0.2, -0.15) is 0 Å². The van der Waals surface area contributed by atoms with Gasteiger partial charge < -0.3 is 4.90 Å². The van der Waals surface area contributed by atoms with Crippen molar-refractivity contribution in [1.82, 2.24) is 0 Å². The van der Waals surface area contributed by atoms with Crippen LogP contribution in [-0.4, -0.2) is 0 Å². The summed E-state index contributed by atoms with van der Waals surface area (Å²) in [6, 6.07) is 67.0. The molecule has 8 aromatic rings. The third kappa shape index (κ3) is 4.81. The summed E-state index contributed by atoms with van der Waals surface area (Å²) >= 11 is 0. The second-order valence-corrected chi connectivity index (χ2v) is 19.3. The fourth-order valence-corrected chi connectivity index (χ4v) is 13.7. The molecular weight excluding hydrogens is 723 g/mol. The second-order valence-electron chi connectivity index (χ2n) is 19.3. The van der Waals surface area contributed by atoms with E-state index in [0.29, 0.717) is 0 Å². The number of hydrogen-bond acceptors (Lipinski definition) is 1. The Morgan fingerprint density at radius 3 is 1.63 bits per heavy atom. The maximum absolute atomic E-state index is 2.62. The van der Waals surface area contributed by atoms with Crippen LogP contribution in [0, 0.1) is 23.7 Å². The van der Waals surface area contributed by atoms with Crippen LogP contribution in [0.3, 0.4) is 0 Å². The number of anilines is 3. The summed E-state index contributed by atoms with van der Waals surface area (Å²) in [7, 11) is 0. The first-order chi connectivity index (χ1) is 29.4. The minimum atomic E-state index is -0.0858. The van der Waals surface area contributed by atoms with E-state index in [9.17, 15) is 0 Å². The quantitative estimate of drug-likeness (QED) is 0.168. The van der Waals surface area contributed by atoms with Gasteiger partial charge in [-0.1, -0.05) is 147 Å². The Kier molecular flexibility index (Phi) is 7.32. The molecule has 0 atom stereocenters. The number of nitrogens with zero attached hydrogens (tertiary/aromatic N) is 1. The molecule has 0 radical (unpaired) electrons. The van der Waals surface area contributed by atoms with E-state index in [0.717, 1.165) is 35.0 Å². The fourth-order valence-electron chi connectivity index (χ4n) is 13.7. The molecule has 0 saturated heterocycles. The summed E-state index contributed by atoms with van der Waals surface area (Å²) in [6.07, 6.45) is 7.11. The monoisotopic (exact) mass is 771 g/mol. The zero-order valence-electron chi connectivity index (χ0n) is 34.5. The van der Waals surface area contributed by atoms with Gasteiger partial charge in [-0.3, -0.25) is 0 Å². The standard InChI is InChI=1S/C59H49N/c1-58(2)54-16-7-5-13-50(54)52-29-27-47(36-56(52)58)60(46-25-20-41(21-26-46)49-15-9-11-40-10-3-4-12-48(40)49)45-23-18-39(19-24-45)42-22-28-53-51-14-6-8-17-55(51)59(57(53)35-42)43-31-37-30-38(33-43)34-44(59)32-37/h3-29,35-38,43-44H,30-34H2,1-2H3. The maximum Gasteiger partial charge on any atom is 0.0465 e. The van der Waals surface area contributed by atoms with Crippen molar-refractivity contribution in [3.63, 3.8) is 0 Å². The maximum atomic E-state index is 2.62. The van der Waals surface area contributed by atoms with Crippen molar-refractivity contribution in [2.45, 2.75) is 56.8 Å². The molecule has 0 aromatic heterocycles. The first-order valence-corrected chi connectivity index (χ1v) is 22.4. The highest BCUT2D eigenvalue weighted by Gasteiger charge is 2.61. The predicted molar refractivity (Wildman–Crippen MR) is 250 cm³/mol. The van der Waals surface area contributed by atoms with Gasteiger partial charge in [0.1, 0.15) is 0 Å². The van der Waals surface area contributed by atoms with Gasteiger partial charge in [0, 0.05) is 27.9 Å². The van der Waals surface area contributed by atoms with Gasteiger partial charge in [-0.05, 0) is 176 Å². The molecule has 1 nitrogen and oxygen atoms in total. The first kappa shape index (κ1) is 34.7. The molecule has 4 bridgehead atoms. The van der Waals surface area contributed by atoms with Crippen LogP contribution in [0.2, 0.25) is 0 Å². The lowest BCUT2D eigenvalue weighted by Crippen LogP contribution is -2.55. The van der Waals surface area contributed by atoms with Crippen LogP contribution < -0.4 is 4.90 Å². The fraction of sp³-hybridized carbons (Fsp3) is 0.220. The third-order valence-electron chi connectivity index (χ3n) is 16.1. The molecule has 6 aliphatic rings. The Morgan fingerprint density at radius 2 is 0.900 bits per heavy atom. The largest absolute Gasteiger partial charge is 0.310 e. The van der Waals surface area contributed by atoms with E-state index in [4.69, 9.17) is 0 Å². The minimum absolute atomic E-state index is 0.0858. The average Bonchev–Trinajstić information content (AvgIpc) is 3.70.